The topological polar surface area (TPSA) is 86.2 Å². The van der Waals surface area contributed by atoms with Gasteiger partial charge in [0.05, 0.1) is 10.3 Å². The number of ketones is 1. The summed E-state index contributed by atoms with van der Waals surface area (Å²) in [5.41, 5.74) is 6.00. The zero-order valence-corrected chi connectivity index (χ0v) is 9.14. The number of benzene rings is 2. The Balaban J connectivity index is 2.93. The lowest BCUT2D eigenvalue weighted by Crippen LogP contribution is -1.99. The average molecular weight is 230 g/mol. The molecular weight excluding hydrogens is 220 g/mol. The third-order valence-corrected chi connectivity index (χ3v) is 2.63. The molecule has 0 fully saturated rings. The predicted octanol–water partition coefficient (Wildman–Crippen LogP) is 2.53. The van der Waals surface area contributed by atoms with Crippen molar-refractivity contribution in [3.8, 4) is 0 Å². The first-order valence-electron chi connectivity index (χ1n) is 4.99. The largest absolute Gasteiger partial charge is 0.393 e. The summed E-state index contributed by atoms with van der Waals surface area (Å²) in [6.45, 7) is 1.43. The fraction of sp³-hybridized carbons (Fsp3) is 0.0833. The van der Waals surface area contributed by atoms with Crippen molar-refractivity contribution >= 4 is 27.9 Å². The van der Waals surface area contributed by atoms with Gasteiger partial charge in [0.2, 0.25) is 0 Å². The highest BCUT2D eigenvalue weighted by molar-refractivity contribution is 6.10. The highest BCUT2D eigenvalue weighted by Gasteiger charge is 2.18. The van der Waals surface area contributed by atoms with E-state index in [-0.39, 0.29) is 17.2 Å². The summed E-state index contributed by atoms with van der Waals surface area (Å²) < 4.78 is 0. The van der Waals surface area contributed by atoms with E-state index in [2.05, 4.69) is 0 Å². The van der Waals surface area contributed by atoms with Gasteiger partial charge < -0.3 is 5.73 Å². The Hall–Kier alpha value is -2.43. The molecule has 0 spiro atoms. The van der Waals surface area contributed by atoms with Gasteiger partial charge in [-0.3, -0.25) is 14.9 Å². The number of carbonyl (C=O) groups excluding carboxylic acids is 1. The number of Topliss-reactive ketones (excluding diaryl/α,β-unsaturated/α-hetero) is 1. The standard InChI is InChI=1S/C12H10N2O3/c1-7(15)8-3-2-4-10-9(8)5-6-11(13)12(10)14(16)17/h2-6H,13H2,1H3. The van der Waals surface area contributed by atoms with Gasteiger partial charge in [-0.05, 0) is 24.4 Å². The molecule has 0 atom stereocenters. The molecule has 0 heterocycles. The van der Waals surface area contributed by atoms with Crippen molar-refractivity contribution in [1.82, 2.24) is 0 Å². The van der Waals surface area contributed by atoms with Crippen molar-refractivity contribution in [3.05, 3.63) is 46.0 Å². The first kappa shape index (κ1) is 11.1. The van der Waals surface area contributed by atoms with Crippen LogP contribution in [-0.4, -0.2) is 10.7 Å². The molecule has 0 aromatic heterocycles. The minimum Gasteiger partial charge on any atom is -0.393 e. The number of nitrogen functional groups attached to an aromatic ring is 1. The molecule has 5 heteroatoms. The second kappa shape index (κ2) is 3.86. The summed E-state index contributed by atoms with van der Waals surface area (Å²) in [6, 6.07) is 7.94. The summed E-state index contributed by atoms with van der Waals surface area (Å²) >= 11 is 0. The van der Waals surface area contributed by atoms with Gasteiger partial charge in [-0.25, -0.2) is 0 Å². The van der Waals surface area contributed by atoms with Gasteiger partial charge in [0.15, 0.2) is 5.78 Å². The lowest BCUT2D eigenvalue weighted by molar-refractivity contribution is -0.382. The molecule has 0 aliphatic carbocycles. The van der Waals surface area contributed by atoms with Crippen LogP contribution in [0.5, 0.6) is 0 Å². The van der Waals surface area contributed by atoms with Crippen LogP contribution in [-0.2, 0) is 0 Å². The maximum absolute atomic E-state index is 11.4. The smallest absolute Gasteiger partial charge is 0.299 e. The SMILES string of the molecule is CC(=O)c1cccc2c([N+](=O)[O-])c(N)ccc12. The number of anilines is 1. The number of carbonyl (C=O) groups is 1. The third kappa shape index (κ3) is 1.71. The Morgan fingerprint density at radius 2 is 1.94 bits per heavy atom. The van der Waals surface area contributed by atoms with E-state index in [9.17, 15) is 14.9 Å². The van der Waals surface area contributed by atoms with Crippen molar-refractivity contribution < 1.29 is 9.72 Å². The van der Waals surface area contributed by atoms with E-state index >= 15 is 0 Å². The Morgan fingerprint density at radius 3 is 2.53 bits per heavy atom. The average Bonchev–Trinajstić information content (AvgIpc) is 2.26. The highest BCUT2D eigenvalue weighted by atomic mass is 16.6. The maximum Gasteiger partial charge on any atom is 0.299 e. The van der Waals surface area contributed by atoms with E-state index in [0.29, 0.717) is 16.3 Å². The zero-order chi connectivity index (χ0) is 12.6. The summed E-state index contributed by atoms with van der Waals surface area (Å²) in [6.07, 6.45) is 0. The molecule has 2 aromatic carbocycles. The molecule has 0 saturated heterocycles. The van der Waals surface area contributed by atoms with Gasteiger partial charge in [-0.1, -0.05) is 18.2 Å². The number of nitrogens with two attached hydrogens (primary N) is 1. The summed E-state index contributed by atoms with van der Waals surface area (Å²) in [4.78, 5) is 21.9. The van der Waals surface area contributed by atoms with E-state index in [1.807, 2.05) is 0 Å². The summed E-state index contributed by atoms with van der Waals surface area (Å²) in [5.74, 6) is -0.130. The molecule has 0 radical (unpaired) electrons. The minimum atomic E-state index is -0.526. The van der Waals surface area contributed by atoms with E-state index < -0.39 is 4.92 Å². The maximum atomic E-state index is 11.4. The zero-order valence-electron chi connectivity index (χ0n) is 9.14. The Kier molecular flexibility index (Phi) is 2.51. The van der Waals surface area contributed by atoms with E-state index in [1.165, 1.54) is 13.0 Å². The molecule has 0 unspecified atom stereocenters. The summed E-state index contributed by atoms with van der Waals surface area (Å²) in [5, 5.41) is 11.9. The molecule has 2 N–H and O–H groups in total. The van der Waals surface area contributed by atoms with Gasteiger partial charge in [0.25, 0.3) is 5.69 Å². The van der Waals surface area contributed by atoms with Crippen LogP contribution in [0.15, 0.2) is 30.3 Å². The van der Waals surface area contributed by atoms with E-state index in [1.54, 1.807) is 24.3 Å². The van der Waals surface area contributed by atoms with E-state index in [4.69, 9.17) is 5.73 Å². The molecule has 86 valence electrons. The number of hydrogen-bond acceptors (Lipinski definition) is 4. The van der Waals surface area contributed by atoms with Gasteiger partial charge in [0, 0.05) is 5.56 Å². The molecule has 2 aromatic rings. The van der Waals surface area contributed by atoms with Crippen molar-refractivity contribution in [2.75, 3.05) is 5.73 Å². The molecule has 0 amide bonds. The number of nitro benzene ring substituents is 1. The van der Waals surface area contributed by atoms with Gasteiger partial charge in [-0.15, -0.1) is 0 Å². The van der Waals surface area contributed by atoms with Crippen LogP contribution in [0, 0.1) is 10.1 Å². The van der Waals surface area contributed by atoms with Crippen LogP contribution < -0.4 is 5.73 Å². The highest BCUT2D eigenvalue weighted by Crippen LogP contribution is 2.33. The summed E-state index contributed by atoms with van der Waals surface area (Å²) in [7, 11) is 0. The number of fused-ring (bicyclic) bond motifs is 1. The van der Waals surface area contributed by atoms with Gasteiger partial charge in [0.1, 0.15) is 5.69 Å². The van der Waals surface area contributed by atoms with Crippen molar-refractivity contribution in [3.63, 3.8) is 0 Å². The number of rotatable bonds is 2. The Labute approximate surface area is 97.0 Å². The second-order valence-corrected chi connectivity index (χ2v) is 3.72. The number of nitro groups is 1. The molecule has 0 aliphatic rings. The monoisotopic (exact) mass is 230 g/mol. The van der Waals surface area contributed by atoms with Crippen molar-refractivity contribution in [1.29, 1.82) is 0 Å². The molecular formula is C12H10N2O3. The molecule has 0 bridgehead atoms. The molecule has 5 nitrogen and oxygen atoms in total. The van der Waals surface area contributed by atoms with Crippen LogP contribution in [0.25, 0.3) is 10.8 Å². The van der Waals surface area contributed by atoms with Gasteiger partial charge >= 0.3 is 0 Å². The first-order valence-corrected chi connectivity index (χ1v) is 4.99. The van der Waals surface area contributed by atoms with Crippen LogP contribution in [0.2, 0.25) is 0 Å². The molecule has 0 aliphatic heterocycles. The van der Waals surface area contributed by atoms with Crippen LogP contribution in [0.3, 0.4) is 0 Å². The fourth-order valence-corrected chi connectivity index (χ4v) is 1.87. The predicted molar refractivity (Wildman–Crippen MR) is 65.0 cm³/mol. The quantitative estimate of drug-likeness (QED) is 0.371. The fourth-order valence-electron chi connectivity index (χ4n) is 1.87. The van der Waals surface area contributed by atoms with Gasteiger partial charge in [-0.2, -0.15) is 0 Å². The van der Waals surface area contributed by atoms with E-state index in [0.717, 1.165) is 0 Å². The Morgan fingerprint density at radius 1 is 1.24 bits per heavy atom. The lowest BCUT2D eigenvalue weighted by atomic mass is 10.00. The molecule has 17 heavy (non-hydrogen) atoms. The second-order valence-electron chi connectivity index (χ2n) is 3.72. The third-order valence-electron chi connectivity index (χ3n) is 2.63. The Bertz CT molecular complexity index is 635. The minimum absolute atomic E-state index is 0.100. The van der Waals surface area contributed by atoms with Crippen LogP contribution in [0.1, 0.15) is 17.3 Å². The molecule has 2 rings (SSSR count). The first-order chi connectivity index (χ1) is 8.02. The van der Waals surface area contributed by atoms with Crippen molar-refractivity contribution in [2.24, 2.45) is 0 Å². The van der Waals surface area contributed by atoms with Crippen LogP contribution >= 0.6 is 0 Å². The van der Waals surface area contributed by atoms with Crippen molar-refractivity contribution in [2.45, 2.75) is 6.92 Å². The number of nitrogens with zero attached hydrogens (tertiary/aromatic N) is 1. The molecule has 0 saturated carbocycles. The lowest BCUT2D eigenvalue weighted by Gasteiger charge is -2.05. The van der Waals surface area contributed by atoms with Crippen LogP contribution in [0.4, 0.5) is 11.4 Å². The normalized spacial score (nSPS) is 10.4. The number of hydrogen-bond donors (Lipinski definition) is 1.